The molecular formula is C16H23F2N. The van der Waals surface area contributed by atoms with Crippen molar-refractivity contribution in [3.8, 4) is 0 Å². The molecule has 0 amide bonds. The number of nitrogens with one attached hydrogen (secondary N) is 1. The zero-order valence-electron chi connectivity index (χ0n) is 11.8. The lowest BCUT2D eigenvalue weighted by molar-refractivity contribution is 0.268. The molecule has 0 heterocycles. The standard InChI is InChI=1S/C16H23F2N/c1-11(13-6-4-3-5-7-13)19-12(2)14-8-15(17)10-16(18)9-14/h8-13,19H,3-7H2,1-2H3/t11-,12?/m0/s1. The van der Waals surface area contributed by atoms with Crippen LogP contribution in [0.4, 0.5) is 8.78 Å². The summed E-state index contributed by atoms with van der Waals surface area (Å²) in [5, 5.41) is 3.49. The van der Waals surface area contributed by atoms with Crippen molar-refractivity contribution >= 4 is 0 Å². The van der Waals surface area contributed by atoms with Gasteiger partial charge in [0.2, 0.25) is 0 Å². The molecule has 1 fully saturated rings. The van der Waals surface area contributed by atoms with Crippen molar-refractivity contribution in [1.29, 1.82) is 0 Å². The number of hydrogen-bond donors (Lipinski definition) is 1. The van der Waals surface area contributed by atoms with Crippen LogP contribution in [0, 0.1) is 17.6 Å². The van der Waals surface area contributed by atoms with Crippen molar-refractivity contribution < 1.29 is 8.78 Å². The van der Waals surface area contributed by atoms with Crippen LogP contribution in [0.25, 0.3) is 0 Å². The molecule has 3 heteroatoms. The van der Waals surface area contributed by atoms with E-state index in [0.29, 0.717) is 17.5 Å². The summed E-state index contributed by atoms with van der Waals surface area (Å²) in [6.45, 7) is 4.15. The topological polar surface area (TPSA) is 12.0 Å². The van der Waals surface area contributed by atoms with E-state index in [1.807, 2.05) is 6.92 Å². The van der Waals surface area contributed by atoms with Crippen molar-refractivity contribution in [2.24, 2.45) is 5.92 Å². The first kappa shape index (κ1) is 14.4. The van der Waals surface area contributed by atoms with Gasteiger partial charge in [-0.15, -0.1) is 0 Å². The minimum absolute atomic E-state index is 0.0258. The molecule has 0 saturated heterocycles. The van der Waals surface area contributed by atoms with E-state index in [2.05, 4.69) is 12.2 Å². The molecule has 19 heavy (non-hydrogen) atoms. The molecular weight excluding hydrogens is 244 g/mol. The fourth-order valence-electron chi connectivity index (χ4n) is 3.09. The Balaban J connectivity index is 1.97. The van der Waals surface area contributed by atoms with E-state index in [1.165, 1.54) is 44.2 Å². The first-order valence-electron chi connectivity index (χ1n) is 7.28. The van der Waals surface area contributed by atoms with E-state index < -0.39 is 11.6 Å². The second kappa shape index (κ2) is 6.47. The highest BCUT2D eigenvalue weighted by molar-refractivity contribution is 5.21. The maximum atomic E-state index is 13.2. The first-order chi connectivity index (χ1) is 9.06. The Morgan fingerprint density at radius 1 is 1.00 bits per heavy atom. The van der Waals surface area contributed by atoms with Gasteiger partial charge >= 0.3 is 0 Å². The average Bonchev–Trinajstić information content (AvgIpc) is 2.38. The summed E-state index contributed by atoms with van der Waals surface area (Å²) in [6, 6.07) is 4.10. The summed E-state index contributed by atoms with van der Waals surface area (Å²) in [4.78, 5) is 0. The van der Waals surface area contributed by atoms with E-state index >= 15 is 0 Å². The van der Waals surface area contributed by atoms with E-state index in [-0.39, 0.29) is 6.04 Å². The normalized spacial score (nSPS) is 20.2. The lowest BCUT2D eigenvalue weighted by atomic mass is 9.84. The Morgan fingerprint density at radius 2 is 1.58 bits per heavy atom. The lowest BCUT2D eigenvalue weighted by Crippen LogP contribution is -2.36. The van der Waals surface area contributed by atoms with E-state index in [0.717, 1.165) is 6.07 Å². The van der Waals surface area contributed by atoms with E-state index in [9.17, 15) is 8.78 Å². The van der Waals surface area contributed by atoms with Gasteiger partial charge in [-0.05, 0) is 50.3 Å². The van der Waals surface area contributed by atoms with Crippen molar-refractivity contribution in [2.45, 2.75) is 58.0 Å². The Labute approximate surface area is 114 Å². The van der Waals surface area contributed by atoms with Gasteiger partial charge in [0.25, 0.3) is 0 Å². The molecule has 0 aliphatic heterocycles. The van der Waals surface area contributed by atoms with Crippen LogP contribution in [0.3, 0.4) is 0 Å². The summed E-state index contributed by atoms with van der Waals surface area (Å²) >= 11 is 0. The molecule has 1 nitrogen and oxygen atoms in total. The van der Waals surface area contributed by atoms with Crippen LogP contribution in [0.2, 0.25) is 0 Å². The van der Waals surface area contributed by atoms with Gasteiger partial charge in [-0.3, -0.25) is 0 Å². The van der Waals surface area contributed by atoms with Crippen LogP contribution < -0.4 is 5.32 Å². The highest BCUT2D eigenvalue weighted by atomic mass is 19.1. The van der Waals surface area contributed by atoms with Crippen LogP contribution in [-0.2, 0) is 0 Å². The third kappa shape index (κ3) is 4.00. The van der Waals surface area contributed by atoms with Gasteiger partial charge in [-0.25, -0.2) is 8.78 Å². The number of benzene rings is 1. The van der Waals surface area contributed by atoms with Gasteiger partial charge in [0.1, 0.15) is 11.6 Å². The molecule has 1 aliphatic rings. The average molecular weight is 267 g/mol. The molecule has 1 aliphatic carbocycles. The molecule has 1 aromatic rings. The molecule has 0 radical (unpaired) electrons. The maximum Gasteiger partial charge on any atom is 0.126 e. The summed E-state index contributed by atoms with van der Waals surface area (Å²) in [7, 11) is 0. The summed E-state index contributed by atoms with van der Waals surface area (Å²) < 4.78 is 26.4. The maximum absolute atomic E-state index is 13.2. The van der Waals surface area contributed by atoms with Crippen molar-refractivity contribution in [3.63, 3.8) is 0 Å². The fourth-order valence-corrected chi connectivity index (χ4v) is 3.09. The second-order valence-corrected chi connectivity index (χ2v) is 5.78. The molecule has 0 aromatic heterocycles. The van der Waals surface area contributed by atoms with Gasteiger partial charge in [0.05, 0.1) is 0 Å². The monoisotopic (exact) mass is 267 g/mol. The first-order valence-corrected chi connectivity index (χ1v) is 7.28. The van der Waals surface area contributed by atoms with Crippen LogP contribution >= 0.6 is 0 Å². The third-order valence-corrected chi connectivity index (χ3v) is 4.25. The smallest absolute Gasteiger partial charge is 0.126 e. The SMILES string of the molecule is CC(N[C@@H](C)C1CCCCC1)c1cc(F)cc(F)c1. The van der Waals surface area contributed by atoms with Crippen LogP contribution in [-0.4, -0.2) is 6.04 Å². The Morgan fingerprint density at radius 3 is 2.16 bits per heavy atom. The minimum atomic E-state index is -0.506. The number of hydrogen-bond acceptors (Lipinski definition) is 1. The molecule has 2 atom stereocenters. The lowest BCUT2D eigenvalue weighted by Gasteiger charge is -2.30. The van der Waals surface area contributed by atoms with Crippen molar-refractivity contribution in [2.75, 3.05) is 0 Å². The molecule has 1 aromatic carbocycles. The molecule has 0 spiro atoms. The van der Waals surface area contributed by atoms with Gasteiger partial charge in [0.15, 0.2) is 0 Å². The Bertz CT molecular complexity index is 393. The minimum Gasteiger partial charge on any atom is -0.307 e. The molecule has 106 valence electrons. The third-order valence-electron chi connectivity index (χ3n) is 4.25. The van der Waals surface area contributed by atoms with Crippen molar-refractivity contribution in [3.05, 3.63) is 35.4 Å². The van der Waals surface area contributed by atoms with Crippen LogP contribution in [0.15, 0.2) is 18.2 Å². The quantitative estimate of drug-likeness (QED) is 0.841. The zero-order valence-corrected chi connectivity index (χ0v) is 11.8. The number of halogens is 2. The number of rotatable bonds is 4. The molecule has 0 bridgehead atoms. The summed E-state index contributed by atoms with van der Waals surface area (Å²) in [6.07, 6.45) is 6.48. The van der Waals surface area contributed by atoms with E-state index in [1.54, 1.807) is 0 Å². The molecule has 1 unspecified atom stereocenters. The van der Waals surface area contributed by atoms with E-state index in [4.69, 9.17) is 0 Å². The highest BCUT2D eigenvalue weighted by Gasteiger charge is 2.21. The van der Waals surface area contributed by atoms with Crippen LogP contribution in [0.1, 0.15) is 57.6 Å². The van der Waals surface area contributed by atoms with Gasteiger partial charge in [0, 0.05) is 18.2 Å². The summed E-state index contributed by atoms with van der Waals surface area (Å²) in [5.74, 6) is -0.322. The predicted molar refractivity (Wildman–Crippen MR) is 73.9 cm³/mol. The van der Waals surface area contributed by atoms with Crippen molar-refractivity contribution in [1.82, 2.24) is 5.32 Å². The van der Waals surface area contributed by atoms with Gasteiger partial charge in [-0.2, -0.15) is 0 Å². The zero-order chi connectivity index (χ0) is 13.8. The Kier molecular flexibility index (Phi) is 4.92. The second-order valence-electron chi connectivity index (χ2n) is 5.78. The molecule has 1 N–H and O–H groups in total. The highest BCUT2D eigenvalue weighted by Crippen LogP contribution is 2.27. The molecule has 1 saturated carbocycles. The molecule has 2 rings (SSSR count). The predicted octanol–water partition coefficient (Wildman–Crippen LogP) is 4.58. The largest absolute Gasteiger partial charge is 0.307 e. The van der Waals surface area contributed by atoms with Crippen LogP contribution in [0.5, 0.6) is 0 Å². The van der Waals surface area contributed by atoms with Gasteiger partial charge in [-0.1, -0.05) is 19.3 Å². The fraction of sp³-hybridized carbons (Fsp3) is 0.625. The van der Waals surface area contributed by atoms with Gasteiger partial charge < -0.3 is 5.32 Å². The summed E-state index contributed by atoms with van der Waals surface area (Å²) in [5.41, 5.74) is 0.681. The Hall–Kier alpha value is -0.960.